The smallest absolute Gasteiger partial charge is 0.333 e. The number of carbonyl (C=O) groups excluding carboxylic acids is 2. The summed E-state index contributed by atoms with van der Waals surface area (Å²) in [5.41, 5.74) is 0.718. The fraction of sp³-hybridized carbons (Fsp3) is 0.714. The van der Waals surface area contributed by atoms with E-state index < -0.39 is 0 Å². The van der Waals surface area contributed by atoms with Gasteiger partial charge < -0.3 is 9.64 Å². The second-order valence-electron chi connectivity index (χ2n) is 4.73. The van der Waals surface area contributed by atoms with Crippen molar-refractivity contribution in [2.75, 3.05) is 39.8 Å². The number of hydrogen-bond acceptors (Lipinski definition) is 4. The summed E-state index contributed by atoms with van der Waals surface area (Å²) in [6.45, 7) is 7.71. The molecule has 1 rings (SSSR count). The van der Waals surface area contributed by atoms with Crippen molar-refractivity contribution in [3.63, 3.8) is 0 Å². The molecule has 5 nitrogen and oxygen atoms in total. The first-order valence-corrected chi connectivity index (χ1v) is 6.83. The summed E-state index contributed by atoms with van der Waals surface area (Å²) in [6, 6.07) is 0. The zero-order valence-corrected chi connectivity index (χ0v) is 12.1. The lowest BCUT2D eigenvalue weighted by Crippen LogP contribution is -2.33. The SMILES string of the molecule is CCC(=CCN1CCCN(C(C)=O)CC1)C(=O)OC. The first kappa shape index (κ1) is 15.7. The Bertz CT molecular complexity index is 353. The summed E-state index contributed by atoms with van der Waals surface area (Å²) >= 11 is 0. The van der Waals surface area contributed by atoms with Gasteiger partial charge in [-0.1, -0.05) is 13.0 Å². The lowest BCUT2D eigenvalue weighted by atomic mass is 10.2. The molecule has 1 fully saturated rings. The second-order valence-corrected chi connectivity index (χ2v) is 4.73. The summed E-state index contributed by atoms with van der Waals surface area (Å²) < 4.78 is 4.74. The Morgan fingerprint density at radius 3 is 2.53 bits per heavy atom. The van der Waals surface area contributed by atoms with Crippen LogP contribution in [0.1, 0.15) is 26.7 Å². The molecular weight excluding hydrogens is 244 g/mol. The lowest BCUT2D eigenvalue weighted by Gasteiger charge is -2.20. The summed E-state index contributed by atoms with van der Waals surface area (Å²) in [5.74, 6) is -0.108. The van der Waals surface area contributed by atoms with Crippen molar-refractivity contribution in [2.24, 2.45) is 0 Å². The Morgan fingerprint density at radius 1 is 1.21 bits per heavy atom. The highest BCUT2D eigenvalue weighted by Crippen LogP contribution is 2.07. The number of hydrogen-bond donors (Lipinski definition) is 0. The van der Waals surface area contributed by atoms with Gasteiger partial charge in [0.1, 0.15) is 0 Å². The molecule has 0 atom stereocenters. The van der Waals surface area contributed by atoms with Crippen LogP contribution in [0.25, 0.3) is 0 Å². The molecule has 0 aromatic carbocycles. The summed E-state index contributed by atoms with van der Waals surface area (Å²) in [6.07, 6.45) is 3.60. The maximum Gasteiger partial charge on any atom is 0.333 e. The number of nitrogens with zero attached hydrogens (tertiary/aromatic N) is 2. The van der Waals surface area contributed by atoms with E-state index in [0.29, 0.717) is 6.42 Å². The Hall–Kier alpha value is -1.36. The Balaban J connectivity index is 2.51. The van der Waals surface area contributed by atoms with Crippen LogP contribution < -0.4 is 0 Å². The molecule has 1 saturated heterocycles. The van der Waals surface area contributed by atoms with E-state index >= 15 is 0 Å². The number of esters is 1. The molecule has 108 valence electrons. The summed E-state index contributed by atoms with van der Waals surface area (Å²) in [7, 11) is 1.41. The fourth-order valence-electron chi connectivity index (χ4n) is 2.21. The molecule has 0 aliphatic carbocycles. The van der Waals surface area contributed by atoms with E-state index in [0.717, 1.165) is 44.7 Å². The van der Waals surface area contributed by atoms with Crippen molar-refractivity contribution in [1.82, 2.24) is 9.80 Å². The monoisotopic (exact) mass is 268 g/mol. The van der Waals surface area contributed by atoms with E-state index in [9.17, 15) is 9.59 Å². The summed E-state index contributed by atoms with van der Waals surface area (Å²) in [5, 5.41) is 0. The molecule has 0 spiro atoms. The van der Waals surface area contributed by atoms with Gasteiger partial charge >= 0.3 is 5.97 Å². The van der Waals surface area contributed by atoms with E-state index in [1.165, 1.54) is 7.11 Å². The lowest BCUT2D eigenvalue weighted by molar-refractivity contribution is -0.136. The normalized spacial score (nSPS) is 18.1. The van der Waals surface area contributed by atoms with Gasteiger partial charge in [0.15, 0.2) is 0 Å². The van der Waals surface area contributed by atoms with Gasteiger partial charge in [-0.05, 0) is 12.8 Å². The molecule has 0 N–H and O–H groups in total. The van der Waals surface area contributed by atoms with Gasteiger partial charge in [0, 0.05) is 45.2 Å². The molecule has 5 heteroatoms. The molecule has 1 amide bonds. The molecule has 0 unspecified atom stereocenters. The summed E-state index contributed by atoms with van der Waals surface area (Å²) in [4.78, 5) is 26.9. The molecule has 0 radical (unpaired) electrons. The third kappa shape index (κ3) is 5.03. The van der Waals surface area contributed by atoms with E-state index in [1.807, 2.05) is 17.9 Å². The van der Waals surface area contributed by atoms with Crippen molar-refractivity contribution in [3.8, 4) is 0 Å². The standard InChI is InChI=1S/C14H24N2O3/c1-4-13(14(18)19-3)6-9-15-7-5-8-16(11-10-15)12(2)17/h6H,4-5,7-11H2,1-3H3. The van der Waals surface area contributed by atoms with Crippen LogP contribution in [0.4, 0.5) is 0 Å². The minimum absolute atomic E-state index is 0.140. The van der Waals surface area contributed by atoms with Crippen LogP contribution >= 0.6 is 0 Å². The van der Waals surface area contributed by atoms with Crippen LogP contribution in [0, 0.1) is 0 Å². The van der Waals surface area contributed by atoms with Crippen LogP contribution in [0.15, 0.2) is 11.6 Å². The van der Waals surface area contributed by atoms with Crippen molar-refractivity contribution in [2.45, 2.75) is 26.7 Å². The van der Waals surface area contributed by atoms with E-state index in [-0.39, 0.29) is 11.9 Å². The number of carbonyl (C=O) groups is 2. The van der Waals surface area contributed by atoms with Crippen LogP contribution in [0.2, 0.25) is 0 Å². The van der Waals surface area contributed by atoms with Gasteiger partial charge in [0.25, 0.3) is 0 Å². The number of rotatable bonds is 4. The van der Waals surface area contributed by atoms with E-state index in [1.54, 1.807) is 6.92 Å². The second kappa shape index (κ2) is 7.94. The molecular formula is C14H24N2O3. The van der Waals surface area contributed by atoms with Crippen molar-refractivity contribution in [3.05, 3.63) is 11.6 Å². The van der Waals surface area contributed by atoms with Crippen molar-refractivity contribution < 1.29 is 14.3 Å². The van der Waals surface area contributed by atoms with Gasteiger partial charge in [0.2, 0.25) is 5.91 Å². The van der Waals surface area contributed by atoms with Gasteiger partial charge in [-0.15, -0.1) is 0 Å². The zero-order chi connectivity index (χ0) is 14.3. The van der Waals surface area contributed by atoms with Crippen LogP contribution in [0.3, 0.4) is 0 Å². The number of methoxy groups -OCH3 is 1. The van der Waals surface area contributed by atoms with Gasteiger partial charge in [-0.25, -0.2) is 4.79 Å². The zero-order valence-electron chi connectivity index (χ0n) is 12.1. The van der Waals surface area contributed by atoms with Gasteiger partial charge in [-0.2, -0.15) is 0 Å². The van der Waals surface area contributed by atoms with Crippen molar-refractivity contribution in [1.29, 1.82) is 0 Å². The highest BCUT2D eigenvalue weighted by molar-refractivity contribution is 5.88. The van der Waals surface area contributed by atoms with Crippen LogP contribution in [-0.4, -0.2) is 61.5 Å². The Kier molecular flexibility index (Phi) is 6.56. The third-order valence-electron chi connectivity index (χ3n) is 3.46. The van der Waals surface area contributed by atoms with Crippen LogP contribution in [0.5, 0.6) is 0 Å². The molecule has 1 aliphatic rings. The first-order chi connectivity index (χ1) is 9.08. The molecule has 1 heterocycles. The fourth-order valence-corrected chi connectivity index (χ4v) is 2.21. The maximum atomic E-state index is 11.5. The first-order valence-electron chi connectivity index (χ1n) is 6.83. The van der Waals surface area contributed by atoms with E-state index in [4.69, 9.17) is 4.74 Å². The molecule has 0 saturated carbocycles. The maximum absolute atomic E-state index is 11.5. The predicted octanol–water partition coefficient (Wildman–Crippen LogP) is 1.05. The van der Waals surface area contributed by atoms with Gasteiger partial charge in [-0.3, -0.25) is 9.69 Å². The molecule has 0 aromatic rings. The largest absolute Gasteiger partial charge is 0.466 e. The molecule has 19 heavy (non-hydrogen) atoms. The quantitative estimate of drug-likeness (QED) is 0.565. The Labute approximate surface area is 115 Å². The number of amides is 1. The van der Waals surface area contributed by atoms with Crippen LogP contribution in [-0.2, 0) is 14.3 Å². The van der Waals surface area contributed by atoms with Crippen molar-refractivity contribution >= 4 is 11.9 Å². The van der Waals surface area contributed by atoms with Gasteiger partial charge in [0.05, 0.1) is 7.11 Å². The topological polar surface area (TPSA) is 49.9 Å². The average molecular weight is 268 g/mol. The minimum atomic E-state index is -0.248. The molecule has 0 aromatic heterocycles. The minimum Gasteiger partial charge on any atom is -0.466 e. The van der Waals surface area contributed by atoms with E-state index in [2.05, 4.69) is 4.90 Å². The highest BCUT2D eigenvalue weighted by atomic mass is 16.5. The Morgan fingerprint density at radius 2 is 1.95 bits per heavy atom. The molecule has 0 bridgehead atoms. The highest BCUT2D eigenvalue weighted by Gasteiger charge is 2.16. The average Bonchev–Trinajstić information content (AvgIpc) is 2.64. The number of ether oxygens (including phenoxy) is 1. The third-order valence-corrected chi connectivity index (χ3v) is 3.46. The molecule has 1 aliphatic heterocycles. The predicted molar refractivity (Wildman–Crippen MR) is 73.7 cm³/mol.